The molecule has 14 heavy (non-hydrogen) atoms. The van der Waals surface area contributed by atoms with E-state index in [1.165, 1.54) is 0 Å². The summed E-state index contributed by atoms with van der Waals surface area (Å²) in [5, 5.41) is 3.76. The van der Waals surface area contributed by atoms with Crippen LogP contribution in [0.2, 0.25) is 0 Å². The van der Waals surface area contributed by atoms with Crippen molar-refractivity contribution in [3.05, 3.63) is 15.9 Å². The zero-order valence-electron chi connectivity index (χ0n) is 8.19. The van der Waals surface area contributed by atoms with Crippen molar-refractivity contribution in [2.24, 2.45) is 0 Å². The van der Waals surface area contributed by atoms with Gasteiger partial charge in [-0.1, -0.05) is 0 Å². The third-order valence-corrected chi connectivity index (χ3v) is 2.82. The predicted molar refractivity (Wildman–Crippen MR) is 48.5 cm³/mol. The van der Waals surface area contributed by atoms with E-state index in [0.29, 0.717) is 15.9 Å². The minimum atomic E-state index is -4.82. The van der Waals surface area contributed by atoms with Crippen LogP contribution in [-0.4, -0.2) is 16.8 Å². The summed E-state index contributed by atoms with van der Waals surface area (Å²) >= 11 is 3.16. The summed E-state index contributed by atoms with van der Waals surface area (Å²) in [6.07, 6.45) is -0.974. The van der Waals surface area contributed by atoms with Gasteiger partial charge in [0.15, 0.2) is 0 Å². The van der Waals surface area contributed by atoms with E-state index in [1.807, 2.05) is 0 Å². The van der Waals surface area contributed by atoms with Crippen LogP contribution in [0, 0.1) is 13.8 Å². The summed E-state index contributed by atoms with van der Waals surface area (Å²) < 4.78 is 37.8. The van der Waals surface area contributed by atoms with Crippen molar-refractivity contribution in [1.29, 1.82) is 0 Å². The Morgan fingerprint density at radius 3 is 2.14 bits per heavy atom. The van der Waals surface area contributed by atoms with Gasteiger partial charge < -0.3 is 12.9 Å². The number of aromatic nitrogens is 2. The molecule has 0 aliphatic rings. The molecule has 8 heteroatoms. The molecule has 0 N–H and O–H groups in total. The fourth-order valence-corrected chi connectivity index (χ4v) is 1.33. The molecule has 1 rings (SSSR count). The summed E-state index contributed by atoms with van der Waals surface area (Å²) in [5.74, 6) is 0. The molecule has 0 unspecified atom stereocenters. The fraction of sp³-hybridized carbons (Fsp3) is 0.500. The van der Waals surface area contributed by atoms with Gasteiger partial charge in [0.1, 0.15) is 0 Å². The van der Waals surface area contributed by atoms with Crippen LogP contribution in [0.5, 0.6) is 0 Å². The van der Waals surface area contributed by atoms with E-state index >= 15 is 0 Å². The molecule has 0 atom stereocenters. The van der Waals surface area contributed by atoms with Gasteiger partial charge in [-0.25, -0.2) is 0 Å². The van der Waals surface area contributed by atoms with Crippen molar-refractivity contribution in [1.82, 2.24) is 9.78 Å². The second-order valence-electron chi connectivity index (χ2n) is 2.88. The van der Waals surface area contributed by atoms with Gasteiger partial charge in [0.25, 0.3) is 0 Å². The quantitative estimate of drug-likeness (QED) is 0.682. The monoisotopic (exact) mass is 294 g/mol. The van der Waals surface area contributed by atoms with Crippen LogP contribution < -0.4 is 51.4 Å². The number of hydrogen-bond donors (Lipinski definition) is 0. The molecule has 1 aromatic heterocycles. The Hall–Kier alpha value is 1.18. The van der Waals surface area contributed by atoms with Crippen molar-refractivity contribution >= 4 is 22.9 Å². The van der Waals surface area contributed by atoms with Gasteiger partial charge in [-0.15, -0.1) is 0 Å². The van der Waals surface area contributed by atoms with E-state index < -0.39 is 13.4 Å². The van der Waals surface area contributed by atoms with E-state index in [0.717, 1.165) is 4.68 Å². The van der Waals surface area contributed by atoms with Gasteiger partial charge in [-0.05, 0) is 29.8 Å². The molecular weight excluding hydrogens is 287 g/mol. The Morgan fingerprint density at radius 2 is 1.86 bits per heavy atom. The van der Waals surface area contributed by atoms with Crippen LogP contribution in [0.15, 0.2) is 4.47 Å². The van der Waals surface area contributed by atoms with E-state index in [1.54, 1.807) is 13.8 Å². The summed E-state index contributed by atoms with van der Waals surface area (Å²) in [5.41, 5.74) is 1.09. The van der Waals surface area contributed by atoms with Crippen LogP contribution in [0.25, 0.3) is 0 Å². The first-order valence-electron chi connectivity index (χ1n) is 3.72. The predicted octanol–water partition coefficient (Wildman–Crippen LogP) is -0.347. The molecule has 0 saturated carbocycles. The van der Waals surface area contributed by atoms with Crippen LogP contribution in [0.4, 0.5) is 12.9 Å². The third kappa shape index (κ3) is 3.98. The van der Waals surface area contributed by atoms with Crippen molar-refractivity contribution in [3.8, 4) is 0 Å². The van der Waals surface area contributed by atoms with Crippen molar-refractivity contribution in [2.45, 2.75) is 20.3 Å². The topological polar surface area (TPSA) is 17.8 Å². The molecule has 0 amide bonds. The first-order chi connectivity index (χ1) is 5.81. The molecule has 0 aromatic carbocycles. The average Bonchev–Trinajstić information content (AvgIpc) is 2.15. The Balaban J connectivity index is 0.00000169. The Kier molecular flexibility index (Phi) is 5.96. The zero-order valence-corrected chi connectivity index (χ0v) is 12.9. The van der Waals surface area contributed by atoms with Gasteiger partial charge in [0, 0.05) is 12.1 Å². The third-order valence-electron chi connectivity index (χ3n) is 1.67. The molecule has 0 fully saturated rings. The van der Waals surface area contributed by atoms with Gasteiger partial charge in [0.05, 0.1) is 10.2 Å². The molecule has 0 spiro atoms. The summed E-state index contributed by atoms with van der Waals surface area (Å²) in [4.78, 5) is 0. The van der Waals surface area contributed by atoms with Gasteiger partial charge in [-0.2, -0.15) is 5.10 Å². The average molecular weight is 295 g/mol. The molecular formula is C6H8BBrF3KN2. The zero-order chi connectivity index (χ0) is 10.2. The van der Waals surface area contributed by atoms with Crippen LogP contribution in [0.1, 0.15) is 11.4 Å². The second-order valence-corrected chi connectivity index (χ2v) is 3.67. The number of hydrogen-bond acceptors (Lipinski definition) is 1. The molecule has 0 aliphatic carbocycles. The Labute approximate surface area is 131 Å². The molecule has 0 radical (unpaired) electrons. The number of nitrogens with zero attached hydrogens (tertiary/aromatic N) is 2. The molecule has 74 valence electrons. The molecule has 0 saturated heterocycles. The number of rotatable bonds is 2. The molecule has 2 nitrogen and oxygen atoms in total. The first-order valence-corrected chi connectivity index (χ1v) is 4.51. The van der Waals surface area contributed by atoms with Gasteiger partial charge in [-0.3, -0.25) is 4.68 Å². The van der Waals surface area contributed by atoms with Crippen LogP contribution >= 0.6 is 15.9 Å². The first kappa shape index (κ1) is 15.2. The number of aryl methyl sites for hydroxylation is 1. The van der Waals surface area contributed by atoms with E-state index in [2.05, 4.69) is 21.0 Å². The molecule has 1 aromatic rings. The van der Waals surface area contributed by atoms with Crippen molar-refractivity contribution in [3.63, 3.8) is 0 Å². The second kappa shape index (κ2) is 5.49. The minimum absolute atomic E-state index is 0. The summed E-state index contributed by atoms with van der Waals surface area (Å²) in [7, 11) is 0. The summed E-state index contributed by atoms with van der Waals surface area (Å²) in [6, 6.07) is 0. The van der Waals surface area contributed by atoms with Crippen LogP contribution in [0.3, 0.4) is 0 Å². The van der Waals surface area contributed by atoms with E-state index in [9.17, 15) is 12.9 Å². The smallest absolute Gasteiger partial charge is 0.448 e. The SMILES string of the molecule is Cc1nn(C[B-](F)(F)F)c(C)c1Br.[K+]. The maximum atomic E-state index is 12.0. The molecule has 0 bridgehead atoms. The van der Waals surface area contributed by atoms with Crippen molar-refractivity contribution in [2.75, 3.05) is 0 Å². The van der Waals surface area contributed by atoms with Gasteiger partial charge >= 0.3 is 58.4 Å². The van der Waals surface area contributed by atoms with Gasteiger partial charge in [0.2, 0.25) is 0 Å². The minimum Gasteiger partial charge on any atom is -0.448 e. The number of halogens is 4. The van der Waals surface area contributed by atoms with Crippen molar-refractivity contribution < 1.29 is 64.3 Å². The summed E-state index contributed by atoms with van der Waals surface area (Å²) in [6.45, 7) is -1.56. The van der Waals surface area contributed by atoms with E-state index in [-0.39, 0.29) is 51.4 Å². The fourth-order valence-electron chi connectivity index (χ4n) is 1.05. The molecule has 1 heterocycles. The maximum Gasteiger partial charge on any atom is 1.00 e. The largest absolute Gasteiger partial charge is 1.00 e. The molecule has 0 aliphatic heterocycles. The Morgan fingerprint density at radius 1 is 1.36 bits per heavy atom. The maximum absolute atomic E-state index is 12.0. The normalized spacial score (nSPS) is 11.3. The standard InChI is InChI=1S/C6H8BBrF3N2.K/c1-4-6(8)5(2)13(12-4)3-7(9,10)11;/h3H2,1-2H3;/q-1;+1. The van der Waals surface area contributed by atoms with Crippen LogP contribution in [-0.2, 0) is 6.44 Å². The Bertz CT molecular complexity index is 326. The van der Waals surface area contributed by atoms with E-state index in [4.69, 9.17) is 0 Å².